The quantitative estimate of drug-likeness (QED) is 0.534. The fourth-order valence-electron chi connectivity index (χ4n) is 3.48. The smallest absolute Gasteiger partial charge is 0.171 e. The van der Waals surface area contributed by atoms with Gasteiger partial charge in [0.2, 0.25) is 0 Å². The summed E-state index contributed by atoms with van der Waals surface area (Å²) in [5.41, 5.74) is -0.922. The van der Waals surface area contributed by atoms with Gasteiger partial charge in [0.25, 0.3) is 0 Å². The van der Waals surface area contributed by atoms with E-state index in [0.29, 0.717) is 5.92 Å². The SMILES string of the molecule is CC1(C)C2CCC1(C)C(O)(N=C=S)C2. The Hall–Kier alpha value is -0.240. The van der Waals surface area contributed by atoms with Crippen LogP contribution in [0.15, 0.2) is 4.99 Å². The monoisotopic (exact) mass is 211 g/mol. The van der Waals surface area contributed by atoms with Crippen molar-refractivity contribution in [3.8, 4) is 0 Å². The summed E-state index contributed by atoms with van der Waals surface area (Å²) in [4.78, 5) is 4.03. The first-order chi connectivity index (χ1) is 6.37. The van der Waals surface area contributed by atoms with Crippen molar-refractivity contribution < 1.29 is 5.11 Å². The van der Waals surface area contributed by atoms with E-state index in [0.717, 1.165) is 12.8 Å². The fourth-order valence-corrected chi connectivity index (χ4v) is 3.63. The van der Waals surface area contributed by atoms with E-state index in [1.165, 1.54) is 6.42 Å². The third-order valence-electron chi connectivity index (χ3n) is 5.08. The third-order valence-corrected chi connectivity index (χ3v) is 5.17. The summed E-state index contributed by atoms with van der Waals surface area (Å²) in [5.74, 6) is 0.574. The standard InChI is InChI=1S/C11H17NOS/c1-9(2)8-4-5-10(9,3)11(13,6-8)12-7-14/h8,13H,4-6H2,1-3H3. The van der Waals surface area contributed by atoms with Crippen LogP contribution >= 0.6 is 12.2 Å². The van der Waals surface area contributed by atoms with Crippen LogP contribution in [0.5, 0.6) is 0 Å². The molecule has 0 amide bonds. The maximum Gasteiger partial charge on any atom is 0.171 e. The molecule has 2 fully saturated rings. The lowest BCUT2D eigenvalue weighted by Gasteiger charge is -2.41. The zero-order valence-corrected chi connectivity index (χ0v) is 9.82. The average Bonchev–Trinajstić information content (AvgIpc) is 2.36. The van der Waals surface area contributed by atoms with Crippen molar-refractivity contribution in [1.29, 1.82) is 0 Å². The minimum atomic E-state index is -0.957. The maximum atomic E-state index is 10.5. The number of aliphatic hydroxyl groups is 1. The first kappa shape index (κ1) is 10.3. The lowest BCUT2D eigenvalue weighted by molar-refractivity contribution is -0.0814. The van der Waals surface area contributed by atoms with Gasteiger partial charge in [0.1, 0.15) is 0 Å². The zero-order chi connectivity index (χ0) is 10.6. The van der Waals surface area contributed by atoms with Crippen LogP contribution < -0.4 is 0 Å². The van der Waals surface area contributed by atoms with E-state index in [-0.39, 0.29) is 10.8 Å². The van der Waals surface area contributed by atoms with Crippen molar-refractivity contribution in [2.24, 2.45) is 21.7 Å². The highest BCUT2D eigenvalue weighted by Gasteiger charge is 2.68. The van der Waals surface area contributed by atoms with Crippen molar-refractivity contribution in [2.75, 3.05) is 0 Å². The van der Waals surface area contributed by atoms with Crippen LogP contribution in [0.4, 0.5) is 0 Å². The summed E-state index contributed by atoms with van der Waals surface area (Å²) in [7, 11) is 0. The van der Waals surface area contributed by atoms with E-state index in [2.05, 4.69) is 43.1 Å². The number of fused-ring (bicyclic) bond motifs is 2. The molecule has 2 bridgehead atoms. The molecule has 2 aliphatic carbocycles. The number of hydrogen-bond acceptors (Lipinski definition) is 3. The summed E-state index contributed by atoms with van der Waals surface area (Å²) < 4.78 is 0. The second kappa shape index (κ2) is 2.66. The summed E-state index contributed by atoms with van der Waals surface area (Å²) in [6.07, 6.45) is 3.00. The number of hydrogen-bond donors (Lipinski definition) is 1. The molecule has 2 saturated carbocycles. The van der Waals surface area contributed by atoms with Crippen LogP contribution in [-0.2, 0) is 0 Å². The highest BCUT2D eigenvalue weighted by Crippen LogP contribution is 2.69. The number of aliphatic imine (C=N–C) groups is 1. The molecule has 1 N–H and O–H groups in total. The molecule has 3 unspecified atom stereocenters. The van der Waals surface area contributed by atoms with Gasteiger partial charge in [-0.2, -0.15) is 4.99 Å². The average molecular weight is 211 g/mol. The Labute approximate surface area is 90.4 Å². The van der Waals surface area contributed by atoms with Gasteiger partial charge in [-0.05, 0) is 36.4 Å². The minimum absolute atomic E-state index is 0.128. The van der Waals surface area contributed by atoms with Crippen LogP contribution in [0.2, 0.25) is 0 Å². The summed E-state index contributed by atoms with van der Waals surface area (Å²) >= 11 is 4.62. The predicted octanol–water partition coefficient (Wildman–Crippen LogP) is 2.62. The van der Waals surface area contributed by atoms with E-state index in [1.54, 1.807) is 0 Å². The van der Waals surface area contributed by atoms with Crippen molar-refractivity contribution >= 4 is 17.4 Å². The molecule has 0 saturated heterocycles. The maximum absolute atomic E-state index is 10.5. The number of nitrogens with zero attached hydrogens (tertiary/aromatic N) is 1. The summed E-state index contributed by atoms with van der Waals surface area (Å²) in [6.45, 7) is 6.61. The molecule has 0 spiro atoms. The minimum Gasteiger partial charge on any atom is -0.368 e. The van der Waals surface area contributed by atoms with Gasteiger partial charge in [-0.1, -0.05) is 20.8 Å². The first-order valence-corrected chi connectivity index (χ1v) is 5.60. The number of rotatable bonds is 1. The topological polar surface area (TPSA) is 32.6 Å². The highest BCUT2D eigenvalue weighted by atomic mass is 32.1. The van der Waals surface area contributed by atoms with E-state index >= 15 is 0 Å². The van der Waals surface area contributed by atoms with Crippen molar-refractivity contribution in [3.63, 3.8) is 0 Å². The first-order valence-electron chi connectivity index (χ1n) is 5.19. The molecule has 78 valence electrons. The van der Waals surface area contributed by atoms with Crippen LogP contribution in [0.3, 0.4) is 0 Å². The second-order valence-corrected chi connectivity index (χ2v) is 5.70. The molecule has 3 heteroatoms. The molecule has 14 heavy (non-hydrogen) atoms. The summed E-state index contributed by atoms with van der Waals surface area (Å²) in [6, 6.07) is 0. The lowest BCUT2D eigenvalue weighted by atomic mass is 9.68. The van der Waals surface area contributed by atoms with E-state index in [9.17, 15) is 5.11 Å². The number of isothiocyanates is 1. The van der Waals surface area contributed by atoms with Gasteiger partial charge in [-0.25, -0.2) is 0 Å². The van der Waals surface area contributed by atoms with Crippen LogP contribution in [-0.4, -0.2) is 16.0 Å². The molecule has 2 nitrogen and oxygen atoms in total. The van der Waals surface area contributed by atoms with Gasteiger partial charge < -0.3 is 5.11 Å². The van der Waals surface area contributed by atoms with Crippen LogP contribution in [0.1, 0.15) is 40.0 Å². The predicted molar refractivity (Wildman–Crippen MR) is 59.2 cm³/mol. The van der Waals surface area contributed by atoms with E-state index in [4.69, 9.17) is 0 Å². The molecule has 0 aromatic heterocycles. The molecule has 0 heterocycles. The Kier molecular flexibility index (Phi) is 1.95. The Balaban J connectivity index is 2.50. The van der Waals surface area contributed by atoms with Crippen molar-refractivity contribution in [1.82, 2.24) is 0 Å². The van der Waals surface area contributed by atoms with Gasteiger partial charge >= 0.3 is 0 Å². The van der Waals surface area contributed by atoms with Gasteiger partial charge in [0.15, 0.2) is 5.72 Å². The largest absolute Gasteiger partial charge is 0.368 e. The van der Waals surface area contributed by atoms with Gasteiger partial charge in [0.05, 0.1) is 5.16 Å². The molecule has 2 aliphatic rings. The van der Waals surface area contributed by atoms with E-state index in [1.807, 2.05) is 0 Å². The Morgan fingerprint density at radius 1 is 1.43 bits per heavy atom. The molecule has 0 aromatic carbocycles. The Morgan fingerprint density at radius 3 is 2.43 bits per heavy atom. The van der Waals surface area contributed by atoms with Crippen molar-refractivity contribution in [2.45, 2.75) is 45.8 Å². The number of thiocarbonyl (C=S) groups is 1. The van der Waals surface area contributed by atoms with Gasteiger partial charge in [0, 0.05) is 11.8 Å². The molecular weight excluding hydrogens is 194 g/mol. The van der Waals surface area contributed by atoms with Crippen LogP contribution in [0.25, 0.3) is 0 Å². The van der Waals surface area contributed by atoms with Crippen molar-refractivity contribution in [3.05, 3.63) is 0 Å². The van der Waals surface area contributed by atoms with Gasteiger partial charge in [-0.3, -0.25) is 0 Å². The molecule has 0 aliphatic heterocycles. The molecule has 3 atom stereocenters. The Morgan fingerprint density at radius 2 is 2.07 bits per heavy atom. The molecule has 0 aromatic rings. The van der Waals surface area contributed by atoms with E-state index < -0.39 is 5.72 Å². The zero-order valence-electron chi connectivity index (χ0n) is 9.00. The molecule has 2 rings (SSSR count). The van der Waals surface area contributed by atoms with Crippen LogP contribution in [0, 0.1) is 16.7 Å². The van der Waals surface area contributed by atoms with Gasteiger partial charge in [-0.15, -0.1) is 0 Å². The summed E-state index contributed by atoms with van der Waals surface area (Å²) in [5, 5.41) is 12.8. The molecule has 0 radical (unpaired) electrons. The lowest BCUT2D eigenvalue weighted by Crippen LogP contribution is -2.45. The Bertz CT molecular complexity index is 321. The fraction of sp³-hybridized carbons (Fsp3) is 0.909. The molecular formula is C11H17NOS. The second-order valence-electron chi connectivity index (χ2n) is 5.51. The highest BCUT2D eigenvalue weighted by molar-refractivity contribution is 7.78. The normalized spacial score (nSPS) is 49.0. The third kappa shape index (κ3) is 0.906.